The zero-order valence-corrected chi connectivity index (χ0v) is 9.65. The zero-order valence-electron chi connectivity index (χ0n) is 9.65. The molecule has 0 spiro atoms. The van der Waals surface area contributed by atoms with E-state index in [9.17, 15) is 9.59 Å². The molecule has 1 aromatic rings. The molecule has 1 aliphatic heterocycles. The Morgan fingerprint density at radius 2 is 2.06 bits per heavy atom. The summed E-state index contributed by atoms with van der Waals surface area (Å²) in [5.74, 6) is 0.248. The maximum absolute atomic E-state index is 11.6. The third-order valence-corrected chi connectivity index (χ3v) is 2.73. The molecular formula is C12H13NO4. The quantitative estimate of drug-likeness (QED) is 0.856. The summed E-state index contributed by atoms with van der Waals surface area (Å²) in [6.07, 6.45) is -0.415. The summed E-state index contributed by atoms with van der Waals surface area (Å²) < 4.78 is 10.2. The van der Waals surface area contributed by atoms with Gasteiger partial charge in [-0.2, -0.15) is 0 Å². The number of para-hydroxylation sites is 1. The molecule has 0 bridgehead atoms. The summed E-state index contributed by atoms with van der Waals surface area (Å²) in [7, 11) is 1.56. The number of hydrogen-bond donors (Lipinski definition) is 1. The fourth-order valence-electron chi connectivity index (χ4n) is 1.83. The fourth-order valence-corrected chi connectivity index (χ4v) is 1.83. The minimum absolute atomic E-state index is 0.286. The summed E-state index contributed by atoms with van der Waals surface area (Å²) in [6, 6.07) is 7.32. The Morgan fingerprint density at radius 1 is 1.35 bits per heavy atom. The second kappa shape index (κ2) is 4.08. The molecule has 1 N–H and O–H groups in total. The third-order valence-electron chi connectivity index (χ3n) is 2.73. The number of carbonyl (C=O) groups excluding carboxylic acids is 2. The van der Waals surface area contributed by atoms with Crippen LogP contribution in [0.15, 0.2) is 24.3 Å². The van der Waals surface area contributed by atoms with E-state index in [0.717, 1.165) is 5.56 Å². The summed E-state index contributed by atoms with van der Waals surface area (Å²) in [5, 5.41) is 2.12. The summed E-state index contributed by atoms with van der Waals surface area (Å²) in [4.78, 5) is 22.6. The Labute approximate surface area is 98.7 Å². The van der Waals surface area contributed by atoms with Crippen LogP contribution < -0.4 is 10.1 Å². The van der Waals surface area contributed by atoms with Gasteiger partial charge in [0, 0.05) is 6.42 Å². The van der Waals surface area contributed by atoms with Gasteiger partial charge in [0.15, 0.2) is 5.60 Å². The number of nitrogens with one attached hydrogen (secondary N) is 1. The van der Waals surface area contributed by atoms with Crippen LogP contribution in [-0.4, -0.2) is 24.7 Å². The standard InChI is InChI=1S/C12H13NO4/c1-12(10(14)13-11(15)17-12)7-8-5-3-4-6-9(8)16-2/h3-6H,7H2,1-2H3,(H,13,14,15). The molecular weight excluding hydrogens is 222 g/mol. The number of imide groups is 1. The summed E-state index contributed by atoms with van der Waals surface area (Å²) in [6.45, 7) is 1.58. The fraction of sp³-hybridized carbons (Fsp3) is 0.333. The molecule has 2 rings (SSSR count). The minimum atomic E-state index is -1.16. The van der Waals surface area contributed by atoms with Gasteiger partial charge in [0.25, 0.3) is 5.91 Å². The van der Waals surface area contributed by atoms with Crippen LogP contribution in [0.4, 0.5) is 4.79 Å². The van der Waals surface area contributed by atoms with Crippen molar-refractivity contribution in [3.63, 3.8) is 0 Å². The van der Waals surface area contributed by atoms with Crippen molar-refractivity contribution in [1.82, 2.24) is 5.32 Å². The molecule has 2 amide bonds. The Hall–Kier alpha value is -2.04. The topological polar surface area (TPSA) is 64.6 Å². The van der Waals surface area contributed by atoms with Crippen LogP contribution >= 0.6 is 0 Å². The van der Waals surface area contributed by atoms with E-state index in [1.54, 1.807) is 20.1 Å². The predicted molar refractivity (Wildman–Crippen MR) is 59.7 cm³/mol. The van der Waals surface area contributed by atoms with Crippen molar-refractivity contribution in [3.8, 4) is 5.75 Å². The first-order valence-corrected chi connectivity index (χ1v) is 5.21. The number of hydrogen-bond acceptors (Lipinski definition) is 4. The lowest BCUT2D eigenvalue weighted by atomic mass is 9.95. The number of rotatable bonds is 3. The molecule has 1 unspecified atom stereocenters. The Kier molecular flexibility index (Phi) is 2.75. The number of ether oxygens (including phenoxy) is 2. The summed E-state index contributed by atoms with van der Waals surface area (Å²) >= 11 is 0. The van der Waals surface area contributed by atoms with E-state index >= 15 is 0 Å². The molecule has 0 radical (unpaired) electrons. The smallest absolute Gasteiger partial charge is 0.415 e. The van der Waals surface area contributed by atoms with Crippen molar-refractivity contribution in [2.24, 2.45) is 0 Å². The zero-order chi connectivity index (χ0) is 12.5. The maximum atomic E-state index is 11.6. The van der Waals surface area contributed by atoms with Crippen LogP contribution in [0.1, 0.15) is 12.5 Å². The van der Waals surface area contributed by atoms with E-state index in [1.165, 1.54) is 0 Å². The van der Waals surface area contributed by atoms with Crippen LogP contribution in [-0.2, 0) is 16.0 Å². The molecule has 1 saturated heterocycles. The van der Waals surface area contributed by atoms with E-state index in [2.05, 4.69) is 5.32 Å². The van der Waals surface area contributed by atoms with Crippen LogP contribution in [0, 0.1) is 0 Å². The van der Waals surface area contributed by atoms with Crippen LogP contribution in [0.2, 0.25) is 0 Å². The lowest BCUT2D eigenvalue weighted by Crippen LogP contribution is -2.38. The number of methoxy groups -OCH3 is 1. The van der Waals surface area contributed by atoms with Crippen LogP contribution in [0.5, 0.6) is 5.75 Å². The number of amides is 2. The first-order valence-electron chi connectivity index (χ1n) is 5.21. The average Bonchev–Trinajstić information content (AvgIpc) is 2.53. The number of alkyl carbamates (subject to hydrolysis) is 1. The summed E-state index contributed by atoms with van der Waals surface area (Å²) in [5.41, 5.74) is -0.339. The Morgan fingerprint density at radius 3 is 2.65 bits per heavy atom. The lowest BCUT2D eigenvalue weighted by molar-refractivity contribution is -0.129. The van der Waals surface area contributed by atoms with Crippen molar-refractivity contribution < 1.29 is 19.1 Å². The molecule has 1 aromatic carbocycles. The molecule has 1 fully saturated rings. The Bertz CT molecular complexity index is 471. The van der Waals surface area contributed by atoms with E-state index in [1.807, 2.05) is 18.2 Å². The number of benzene rings is 1. The van der Waals surface area contributed by atoms with Crippen molar-refractivity contribution in [2.45, 2.75) is 18.9 Å². The van der Waals surface area contributed by atoms with Gasteiger partial charge in [-0.3, -0.25) is 10.1 Å². The van der Waals surface area contributed by atoms with Crippen molar-refractivity contribution >= 4 is 12.0 Å². The van der Waals surface area contributed by atoms with Gasteiger partial charge in [0.2, 0.25) is 0 Å². The molecule has 17 heavy (non-hydrogen) atoms. The first-order chi connectivity index (χ1) is 8.05. The SMILES string of the molecule is COc1ccccc1CC1(C)OC(=O)NC1=O. The number of carbonyl (C=O) groups is 2. The largest absolute Gasteiger partial charge is 0.496 e. The van der Waals surface area contributed by atoms with Crippen LogP contribution in [0.25, 0.3) is 0 Å². The van der Waals surface area contributed by atoms with Gasteiger partial charge in [-0.05, 0) is 18.6 Å². The van der Waals surface area contributed by atoms with Crippen molar-refractivity contribution in [3.05, 3.63) is 29.8 Å². The highest BCUT2D eigenvalue weighted by molar-refractivity contribution is 6.02. The van der Waals surface area contributed by atoms with E-state index in [4.69, 9.17) is 9.47 Å². The third kappa shape index (κ3) is 2.08. The maximum Gasteiger partial charge on any atom is 0.415 e. The monoisotopic (exact) mass is 235 g/mol. The molecule has 0 aliphatic carbocycles. The lowest BCUT2D eigenvalue weighted by Gasteiger charge is -2.20. The normalized spacial score (nSPS) is 23.2. The highest BCUT2D eigenvalue weighted by atomic mass is 16.6. The van der Waals surface area contributed by atoms with Crippen LogP contribution in [0.3, 0.4) is 0 Å². The molecule has 90 valence electrons. The van der Waals surface area contributed by atoms with Gasteiger partial charge in [0.1, 0.15) is 5.75 Å². The number of cyclic esters (lactones) is 1. The van der Waals surface area contributed by atoms with Gasteiger partial charge >= 0.3 is 6.09 Å². The molecule has 1 aliphatic rings. The van der Waals surface area contributed by atoms with E-state index in [0.29, 0.717) is 5.75 Å². The van der Waals surface area contributed by atoms with E-state index < -0.39 is 17.6 Å². The van der Waals surface area contributed by atoms with Crippen molar-refractivity contribution in [2.75, 3.05) is 7.11 Å². The average molecular weight is 235 g/mol. The molecule has 1 heterocycles. The second-order valence-electron chi connectivity index (χ2n) is 4.06. The first kappa shape index (κ1) is 11.4. The van der Waals surface area contributed by atoms with E-state index in [-0.39, 0.29) is 6.42 Å². The highest BCUT2D eigenvalue weighted by Crippen LogP contribution is 2.27. The predicted octanol–water partition coefficient (Wildman–Crippen LogP) is 1.26. The van der Waals surface area contributed by atoms with Gasteiger partial charge in [-0.15, -0.1) is 0 Å². The second-order valence-corrected chi connectivity index (χ2v) is 4.06. The van der Waals surface area contributed by atoms with Gasteiger partial charge in [-0.1, -0.05) is 18.2 Å². The molecule has 1 atom stereocenters. The highest BCUT2D eigenvalue weighted by Gasteiger charge is 2.45. The van der Waals surface area contributed by atoms with Gasteiger partial charge < -0.3 is 9.47 Å². The molecule has 5 nitrogen and oxygen atoms in total. The van der Waals surface area contributed by atoms with Gasteiger partial charge in [-0.25, -0.2) is 4.79 Å². The van der Waals surface area contributed by atoms with Gasteiger partial charge in [0.05, 0.1) is 7.11 Å². The Balaban J connectivity index is 2.26. The minimum Gasteiger partial charge on any atom is -0.496 e. The molecule has 0 aromatic heterocycles. The van der Waals surface area contributed by atoms with Crippen molar-refractivity contribution in [1.29, 1.82) is 0 Å². The molecule has 5 heteroatoms. The molecule has 0 saturated carbocycles.